The third kappa shape index (κ3) is 9.35. The van der Waals surface area contributed by atoms with Crippen molar-refractivity contribution in [1.29, 1.82) is 0 Å². The molecule has 12 heteroatoms. The molecule has 4 N–H and O–H groups in total. The van der Waals surface area contributed by atoms with Crippen LogP contribution >= 0.6 is 0 Å². The van der Waals surface area contributed by atoms with Crippen LogP contribution in [0.4, 0.5) is 0 Å². The Kier molecular flexibility index (Phi) is 12.4. The van der Waals surface area contributed by atoms with Crippen LogP contribution in [-0.2, 0) is 34.0 Å². The second kappa shape index (κ2) is 15.2. The average molecular weight is 577 g/mol. The number of ether oxygens (including phenoxy) is 4. The summed E-state index contributed by atoms with van der Waals surface area (Å²) in [4.78, 5) is 47.5. The highest BCUT2D eigenvalue weighted by Crippen LogP contribution is 2.32. The molecule has 0 amide bonds. The van der Waals surface area contributed by atoms with E-state index in [9.17, 15) is 39.6 Å². The highest BCUT2D eigenvalue weighted by atomic mass is 16.6. The maximum absolute atomic E-state index is 12.4. The van der Waals surface area contributed by atoms with Crippen LogP contribution in [0.2, 0.25) is 0 Å². The van der Waals surface area contributed by atoms with Crippen molar-refractivity contribution in [3.63, 3.8) is 0 Å². The summed E-state index contributed by atoms with van der Waals surface area (Å²) in [6.07, 6.45) is -6.01. The lowest BCUT2D eigenvalue weighted by atomic mass is 9.78. The number of esters is 4. The number of benzene rings is 2. The van der Waals surface area contributed by atoms with Crippen molar-refractivity contribution in [2.75, 3.05) is 26.9 Å². The van der Waals surface area contributed by atoms with Gasteiger partial charge in [0.25, 0.3) is 0 Å². The molecule has 2 rings (SSSR count). The Labute approximate surface area is 237 Å². The van der Waals surface area contributed by atoms with Crippen molar-refractivity contribution in [3.05, 3.63) is 70.8 Å². The molecule has 0 aliphatic rings. The summed E-state index contributed by atoms with van der Waals surface area (Å²) in [6.45, 7) is 4.48. The summed E-state index contributed by atoms with van der Waals surface area (Å²) in [5, 5.41) is 38.5. The quantitative estimate of drug-likeness (QED) is 0.184. The first-order valence-corrected chi connectivity index (χ1v) is 12.8. The normalized spacial score (nSPS) is 14.2. The predicted octanol–water partition coefficient (Wildman–Crippen LogP) is 0.896. The van der Waals surface area contributed by atoms with Gasteiger partial charge in [-0.1, -0.05) is 45.0 Å². The molecule has 0 radical (unpaired) electrons. The zero-order chi connectivity index (χ0) is 30.7. The molecule has 0 aliphatic heterocycles. The van der Waals surface area contributed by atoms with Crippen molar-refractivity contribution in [1.82, 2.24) is 0 Å². The van der Waals surface area contributed by atoms with Crippen LogP contribution < -0.4 is 0 Å². The topological polar surface area (TPSA) is 186 Å². The lowest BCUT2D eigenvalue weighted by molar-refractivity contribution is -0.173. The van der Waals surface area contributed by atoms with Gasteiger partial charge in [-0.05, 0) is 41.8 Å². The van der Waals surface area contributed by atoms with Gasteiger partial charge in [0.1, 0.15) is 25.9 Å². The molecule has 41 heavy (non-hydrogen) atoms. The molecule has 2 aromatic carbocycles. The van der Waals surface area contributed by atoms with Crippen LogP contribution in [-0.4, -0.2) is 95.6 Å². The Morgan fingerprint density at radius 1 is 0.659 bits per heavy atom. The second-order valence-corrected chi connectivity index (χ2v) is 9.74. The molecule has 224 valence electrons. The standard InChI is InChI=1S/C29H36O12/c1-5-21(30)14-39-25(34)17-6-10-19(11-7-17)29(2,3)20-12-8-18(9-13-20)26(35)40-15-22(31)16-41-28(37)24(33)23(32)27(36)38-4/h6-13,21-24,30-33H,5,14-16H2,1-4H3. The molecule has 0 fully saturated rings. The van der Waals surface area contributed by atoms with Crippen LogP contribution in [0.3, 0.4) is 0 Å². The molecule has 4 atom stereocenters. The first-order valence-electron chi connectivity index (χ1n) is 12.8. The van der Waals surface area contributed by atoms with Gasteiger partial charge in [-0.15, -0.1) is 0 Å². The SMILES string of the molecule is CCC(O)COC(=O)c1ccc(C(C)(C)c2ccc(C(=O)OCC(O)COC(=O)C(O)C(O)C(=O)OC)cc2)cc1. The van der Waals surface area contributed by atoms with Crippen molar-refractivity contribution in [3.8, 4) is 0 Å². The number of hydrogen-bond acceptors (Lipinski definition) is 12. The number of carbonyl (C=O) groups excluding carboxylic acids is 4. The number of aliphatic hydroxyl groups excluding tert-OH is 4. The van der Waals surface area contributed by atoms with Crippen molar-refractivity contribution >= 4 is 23.9 Å². The van der Waals surface area contributed by atoms with Crippen LogP contribution in [0.15, 0.2) is 48.5 Å². The van der Waals surface area contributed by atoms with Crippen molar-refractivity contribution in [2.45, 2.75) is 57.0 Å². The van der Waals surface area contributed by atoms with E-state index in [1.165, 1.54) is 0 Å². The van der Waals surface area contributed by atoms with E-state index >= 15 is 0 Å². The van der Waals surface area contributed by atoms with Gasteiger partial charge in [-0.3, -0.25) is 0 Å². The highest BCUT2D eigenvalue weighted by molar-refractivity contribution is 5.90. The maximum atomic E-state index is 12.4. The fourth-order valence-electron chi connectivity index (χ4n) is 3.53. The van der Waals surface area contributed by atoms with Gasteiger partial charge in [0.2, 0.25) is 0 Å². The highest BCUT2D eigenvalue weighted by Gasteiger charge is 2.33. The summed E-state index contributed by atoms with van der Waals surface area (Å²) >= 11 is 0. The van der Waals surface area contributed by atoms with E-state index in [2.05, 4.69) is 9.47 Å². The van der Waals surface area contributed by atoms with Gasteiger partial charge in [-0.2, -0.15) is 0 Å². The Morgan fingerprint density at radius 2 is 1.05 bits per heavy atom. The first-order chi connectivity index (χ1) is 19.3. The summed E-state index contributed by atoms with van der Waals surface area (Å²) < 4.78 is 19.0. The van der Waals surface area contributed by atoms with Crippen LogP contribution in [0.25, 0.3) is 0 Å². The first kappa shape index (κ1) is 33.4. The molecule has 0 heterocycles. The number of carbonyl (C=O) groups is 4. The summed E-state index contributed by atoms with van der Waals surface area (Å²) in [6, 6.07) is 13.5. The fourth-order valence-corrected chi connectivity index (χ4v) is 3.53. The molecule has 12 nitrogen and oxygen atoms in total. The third-order valence-corrected chi connectivity index (χ3v) is 6.37. The number of hydrogen-bond donors (Lipinski definition) is 4. The van der Waals surface area contributed by atoms with Crippen LogP contribution in [0, 0.1) is 0 Å². The van der Waals surface area contributed by atoms with Crippen LogP contribution in [0.5, 0.6) is 0 Å². The average Bonchev–Trinajstić information content (AvgIpc) is 2.99. The van der Waals surface area contributed by atoms with E-state index in [0.29, 0.717) is 12.0 Å². The van der Waals surface area contributed by atoms with E-state index in [-0.39, 0.29) is 12.2 Å². The molecule has 0 saturated carbocycles. The minimum Gasteiger partial charge on any atom is -0.467 e. The smallest absolute Gasteiger partial charge is 0.338 e. The van der Waals surface area contributed by atoms with Crippen molar-refractivity contribution < 1.29 is 58.6 Å². The summed E-state index contributed by atoms with van der Waals surface area (Å²) in [5.41, 5.74) is 1.85. The largest absolute Gasteiger partial charge is 0.467 e. The Balaban J connectivity index is 1.91. The Hall–Kier alpha value is -3.84. The third-order valence-electron chi connectivity index (χ3n) is 6.37. The minimum atomic E-state index is -2.21. The fraction of sp³-hybridized carbons (Fsp3) is 0.448. The van der Waals surface area contributed by atoms with Gasteiger partial charge in [0, 0.05) is 5.41 Å². The Morgan fingerprint density at radius 3 is 1.46 bits per heavy atom. The molecular formula is C29H36O12. The van der Waals surface area contributed by atoms with Gasteiger partial charge in [0.15, 0.2) is 12.2 Å². The number of aliphatic hydroxyl groups is 4. The van der Waals surface area contributed by atoms with E-state index in [0.717, 1.165) is 18.2 Å². The molecule has 4 unspecified atom stereocenters. The molecule has 0 bridgehead atoms. The maximum Gasteiger partial charge on any atom is 0.338 e. The minimum absolute atomic E-state index is 0.0720. The van der Waals surface area contributed by atoms with Gasteiger partial charge in [0.05, 0.1) is 24.3 Å². The van der Waals surface area contributed by atoms with Gasteiger partial charge >= 0.3 is 23.9 Å². The molecule has 0 spiro atoms. The predicted molar refractivity (Wildman–Crippen MR) is 143 cm³/mol. The Bertz CT molecular complexity index is 1170. The zero-order valence-electron chi connectivity index (χ0n) is 23.3. The number of rotatable bonds is 14. The number of methoxy groups -OCH3 is 1. The molecule has 0 aliphatic carbocycles. The molecule has 0 saturated heterocycles. The summed E-state index contributed by atoms with van der Waals surface area (Å²) in [7, 11) is 0.958. The molecular weight excluding hydrogens is 540 g/mol. The molecule has 2 aromatic rings. The van der Waals surface area contributed by atoms with E-state index in [4.69, 9.17) is 9.47 Å². The van der Waals surface area contributed by atoms with Gasteiger partial charge < -0.3 is 39.4 Å². The van der Waals surface area contributed by atoms with Gasteiger partial charge in [-0.25, -0.2) is 19.2 Å². The van der Waals surface area contributed by atoms with Crippen LogP contribution in [0.1, 0.15) is 59.0 Å². The van der Waals surface area contributed by atoms with E-state index < -0.39 is 66.9 Å². The van der Waals surface area contributed by atoms with Crippen molar-refractivity contribution in [2.24, 2.45) is 0 Å². The zero-order valence-corrected chi connectivity index (χ0v) is 23.3. The monoisotopic (exact) mass is 576 g/mol. The van der Waals surface area contributed by atoms with E-state index in [1.54, 1.807) is 55.5 Å². The second-order valence-electron chi connectivity index (χ2n) is 9.74. The van der Waals surface area contributed by atoms with E-state index in [1.807, 2.05) is 13.8 Å². The lowest BCUT2D eigenvalue weighted by Crippen LogP contribution is -2.42. The summed E-state index contributed by atoms with van der Waals surface area (Å²) in [5.74, 6) is -3.87. The lowest BCUT2D eigenvalue weighted by Gasteiger charge is -2.26. The molecule has 0 aromatic heterocycles.